The largest absolute Gasteiger partial charge is 0.323 e. The summed E-state index contributed by atoms with van der Waals surface area (Å²) in [4.78, 5) is 12.2. The molecule has 1 aromatic carbocycles. The smallest absolute Gasteiger partial charge is 0.226 e. The highest BCUT2D eigenvalue weighted by Crippen LogP contribution is 2.20. The number of rotatable bonds is 6. The fourth-order valence-electron chi connectivity index (χ4n) is 2.61. The molecule has 0 atom stereocenters. The van der Waals surface area contributed by atoms with Crippen LogP contribution in [0.1, 0.15) is 23.4 Å². The van der Waals surface area contributed by atoms with E-state index in [0.717, 1.165) is 15.9 Å². The molecule has 0 fully saturated rings. The number of nitrogens with one attached hydrogen (secondary N) is 1. The second kappa shape index (κ2) is 7.65. The molecule has 3 rings (SSSR count). The minimum Gasteiger partial charge on any atom is -0.323 e. The summed E-state index contributed by atoms with van der Waals surface area (Å²) in [5, 5.41) is 11.6. The summed E-state index contributed by atoms with van der Waals surface area (Å²) in [7, 11) is 0. The lowest BCUT2D eigenvalue weighted by Gasteiger charge is -2.05. The number of amides is 1. The minimum atomic E-state index is -0.0528. The third-order valence-electron chi connectivity index (χ3n) is 3.95. The molecular formula is C18H20BrN5O. The van der Waals surface area contributed by atoms with Gasteiger partial charge in [0, 0.05) is 18.3 Å². The molecule has 7 heteroatoms. The lowest BCUT2D eigenvalue weighted by Crippen LogP contribution is -2.15. The van der Waals surface area contributed by atoms with E-state index in [9.17, 15) is 4.79 Å². The molecule has 0 saturated carbocycles. The van der Waals surface area contributed by atoms with Crippen LogP contribution in [-0.4, -0.2) is 25.5 Å². The highest BCUT2D eigenvalue weighted by Gasteiger charge is 2.11. The van der Waals surface area contributed by atoms with Crippen LogP contribution in [0.4, 0.5) is 5.69 Å². The van der Waals surface area contributed by atoms with Crippen molar-refractivity contribution in [2.45, 2.75) is 33.4 Å². The second-order valence-electron chi connectivity index (χ2n) is 5.92. The van der Waals surface area contributed by atoms with Gasteiger partial charge in [0.2, 0.25) is 5.91 Å². The number of benzene rings is 1. The Bertz CT molecular complexity index is 869. The SMILES string of the molecule is Cc1nn(CCC(=O)Nc2cnn(Cc3ccccc3)c2)c(C)c1Br. The van der Waals surface area contributed by atoms with E-state index in [1.54, 1.807) is 6.20 Å². The topological polar surface area (TPSA) is 64.7 Å². The highest BCUT2D eigenvalue weighted by molar-refractivity contribution is 9.10. The Morgan fingerprint density at radius 3 is 2.68 bits per heavy atom. The van der Waals surface area contributed by atoms with E-state index in [-0.39, 0.29) is 5.91 Å². The fraction of sp³-hybridized carbons (Fsp3) is 0.278. The number of aryl methyl sites for hydroxylation is 2. The Labute approximate surface area is 155 Å². The summed E-state index contributed by atoms with van der Waals surface area (Å²) in [6, 6.07) is 10.1. The van der Waals surface area contributed by atoms with Crippen molar-refractivity contribution in [1.82, 2.24) is 19.6 Å². The standard InChI is InChI=1S/C18H20BrN5O/c1-13-18(19)14(2)24(22-13)9-8-17(25)21-16-10-20-23(12-16)11-15-6-4-3-5-7-15/h3-7,10,12H,8-9,11H2,1-2H3,(H,21,25). The Kier molecular flexibility index (Phi) is 5.33. The number of carbonyl (C=O) groups is 1. The van der Waals surface area contributed by atoms with Crippen LogP contribution in [0.25, 0.3) is 0 Å². The number of nitrogens with zero attached hydrogens (tertiary/aromatic N) is 4. The lowest BCUT2D eigenvalue weighted by molar-refractivity contribution is -0.116. The zero-order valence-electron chi connectivity index (χ0n) is 14.2. The first-order valence-electron chi connectivity index (χ1n) is 8.08. The maximum Gasteiger partial charge on any atom is 0.226 e. The second-order valence-corrected chi connectivity index (χ2v) is 6.71. The molecule has 0 saturated heterocycles. The van der Waals surface area contributed by atoms with Gasteiger partial charge in [-0.3, -0.25) is 14.2 Å². The average molecular weight is 402 g/mol. The molecule has 0 aliphatic heterocycles. The molecule has 2 heterocycles. The molecule has 1 N–H and O–H groups in total. The van der Waals surface area contributed by atoms with Gasteiger partial charge in [0.25, 0.3) is 0 Å². The van der Waals surface area contributed by atoms with Gasteiger partial charge in [0.1, 0.15) is 0 Å². The van der Waals surface area contributed by atoms with Crippen LogP contribution in [0.2, 0.25) is 0 Å². The van der Waals surface area contributed by atoms with E-state index >= 15 is 0 Å². The van der Waals surface area contributed by atoms with Crippen molar-refractivity contribution in [3.63, 3.8) is 0 Å². The van der Waals surface area contributed by atoms with Gasteiger partial charge >= 0.3 is 0 Å². The summed E-state index contributed by atoms with van der Waals surface area (Å²) in [6.07, 6.45) is 3.86. The highest BCUT2D eigenvalue weighted by atomic mass is 79.9. The monoisotopic (exact) mass is 401 g/mol. The average Bonchev–Trinajstić information content (AvgIpc) is 3.13. The maximum atomic E-state index is 12.2. The Balaban J connectivity index is 1.54. The zero-order chi connectivity index (χ0) is 17.8. The van der Waals surface area contributed by atoms with Crippen LogP contribution >= 0.6 is 15.9 Å². The van der Waals surface area contributed by atoms with Crippen molar-refractivity contribution >= 4 is 27.5 Å². The van der Waals surface area contributed by atoms with Crippen LogP contribution in [0.3, 0.4) is 0 Å². The Morgan fingerprint density at radius 2 is 2.00 bits per heavy atom. The predicted molar refractivity (Wildman–Crippen MR) is 100 cm³/mol. The molecule has 0 spiro atoms. The van der Waals surface area contributed by atoms with Crippen molar-refractivity contribution in [3.8, 4) is 0 Å². The maximum absolute atomic E-state index is 12.2. The molecule has 2 aromatic heterocycles. The molecule has 0 radical (unpaired) electrons. The Morgan fingerprint density at radius 1 is 1.24 bits per heavy atom. The summed E-state index contributed by atoms with van der Waals surface area (Å²) in [5.74, 6) is -0.0528. The molecule has 0 unspecified atom stereocenters. The number of aromatic nitrogens is 4. The molecule has 130 valence electrons. The van der Waals surface area contributed by atoms with Crippen molar-refractivity contribution in [1.29, 1.82) is 0 Å². The van der Waals surface area contributed by atoms with Gasteiger partial charge < -0.3 is 5.32 Å². The van der Waals surface area contributed by atoms with Gasteiger partial charge in [-0.05, 0) is 35.3 Å². The van der Waals surface area contributed by atoms with Gasteiger partial charge in [-0.25, -0.2) is 0 Å². The molecule has 0 aliphatic rings. The van der Waals surface area contributed by atoms with Crippen LogP contribution in [0, 0.1) is 13.8 Å². The predicted octanol–water partition coefficient (Wildman–Crippen LogP) is 3.54. The van der Waals surface area contributed by atoms with Crippen molar-refractivity contribution in [3.05, 3.63) is 64.1 Å². The fourth-order valence-corrected chi connectivity index (χ4v) is 2.89. The molecule has 0 bridgehead atoms. The van der Waals surface area contributed by atoms with Crippen molar-refractivity contribution in [2.24, 2.45) is 0 Å². The van der Waals surface area contributed by atoms with E-state index in [2.05, 4.69) is 31.4 Å². The molecular weight excluding hydrogens is 382 g/mol. The Hall–Kier alpha value is -2.41. The molecule has 6 nitrogen and oxygen atoms in total. The van der Waals surface area contributed by atoms with Crippen LogP contribution < -0.4 is 5.32 Å². The summed E-state index contributed by atoms with van der Waals surface area (Å²) in [6.45, 7) is 5.14. The first-order chi connectivity index (χ1) is 12.0. The molecule has 1 amide bonds. The first-order valence-corrected chi connectivity index (χ1v) is 8.88. The van der Waals surface area contributed by atoms with Crippen molar-refractivity contribution < 1.29 is 4.79 Å². The molecule has 0 aliphatic carbocycles. The third kappa shape index (κ3) is 4.36. The van der Waals surface area contributed by atoms with Gasteiger partial charge in [-0.1, -0.05) is 30.3 Å². The number of carbonyl (C=O) groups excluding carboxylic acids is 1. The van der Waals surface area contributed by atoms with Gasteiger partial charge in [0.05, 0.1) is 35.1 Å². The zero-order valence-corrected chi connectivity index (χ0v) is 15.8. The van der Waals surface area contributed by atoms with Crippen molar-refractivity contribution in [2.75, 3.05) is 5.32 Å². The summed E-state index contributed by atoms with van der Waals surface area (Å²) >= 11 is 3.50. The van der Waals surface area contributed by atoms with Gasteiger partial charge in [-0.15, -0.1) is 0 Å². The normalized spacial score (nSPS) is 10.8. The number of hydrogen-bond acceptors (Lipinski definition) is 3. The van der Waals surface area contributed by atoms with E-state index in [1.807, 2.05) is 59.7 Å². The summed E-state index contributed by atoms with van der Waals surface area (Å²) < 4.78 is 4.65. The summed E-state index contributed by atoms with van der Waals surface area (Å²) in [5.41, 5.74) is 3.83. The van der Waals surface area contributed by atoms with E-state index in [0.29, 0.717) is 25.2 Å². The third-order valence-corrected chi connectivity index (χ3v) is 5.10. The molecule has 3 aromatic rings. The lowest BCUT2D eigenvalue weighted by atomic mass is 10.2. The van der Waals surface area contributed by atoms with Gasteiger partial charge in [-0.2, -0.15) is 10.2 Å². The van der Waals surface area contributed by atoms with Gasteiger partial charge in [0.15, 0.2) is 0 Å². The first kappa shape index (κ1) is 17.4. The van der Waals surface area contributed by atoms with E-state index in [4.69, 9.17) is 0 Å². The van der Waals surface area contributed by atoms with Crippen LogP contribution in [0.15, 0.2) is 47.2 Å². The van der Waals surface area contributed by atoms with E-state index in [1.165, 1.54) is 5.56 Å². The van der Waals surface area contributed by atoms with Crippen LogP contribution in [0.5, 0.6) is 0 Å². The van der Waals surface area contributed by atoms with Crippen LogP contribution in [-0.2, 0) is 17.9 Å². The molecule has 25 heavy (non-hydrogen) atoms. The quantitative estimate of drug-likeness (QED) is 0.686. The number of hydrogen-bond donors (Lipinski definition) is 1. The van der Waals surface area contributed by atoms with E-state index < -0.39 is 0 Å². The number of anilines is 1. The number of halogens is 1. The minimum absolute atomic E-state index is 0.0528.